The van der Waals surface area contributed by atoms with Crippen molar-refractivity contribution in [2.75, 3.05) is 45.9 Å². The van der Waals surface area contributed by atoms with Gasteiger partial charge < -0.3 is 29.3 Å². The molecule has 0 aliphatic carbocycles. The molecule has 0 spiro atoms. The Bertz CT molecular complexity index is 797. The predicted octanol–water partition coefficient (Wildman–Crippen LogP) is 3.53. The summed E-state index contributed by atoms with van der Waals surface area (Å²) in [5.74, 6) is 2.50. The molecule has 9 heteroatoms. The van der Waals surface area contributed by atoms with E-state index in [0.717, 1.165) is 37.0 Å². The Morgan fingerprint density at radius 2 is 1.88 bits per heavy atom. The molecule has 1 N–H and O–H groups in total. The molecule has 1 aromatic carbocycles. The van der Waals surface area contributed by atoms with Crippen molar-refractivity contribution in [3.05, 3.63) is 23.8 Å². The molecule has 0 bridgehead atoms. The molecule has 180 valence electrons. The zero-order valence-corrected chi connectivity index (χ0v) is 22.2. The summed E-state index contributed by atoms with van der Waals surface area (Å²) in [5.41, 5.74) is 0.708. The first-order valence-corrected chi connectivity index (χ1v) is 11.2. The van der Waals surface area contributed by atoms with Crippen molar-refractivity contribution in [3.8, 4) is 11.5 Å². The fourth-order valence-corrected chi connectivity index (χ4v) is 3.79. The summed E-state index contributed by atoms with van der Waals surface area (Å²) in [4.78, 5) is 21.1. The SMILES string of the molecule is CCOc1ccc(CCNC2=NCC3CN(C(=O)OC(C)(C)C)CCN23)cc1OCC.I. The minimum atomic E-state index is -0.476. The van der Waals surface area contributed by atoms with Crippen LogP contribution in [0, 0.1) is 0 Å². The van der Waals surface area contributed by atoms with Gasteiger partial charge in [0.05, 0.1) is 25.8 Å². The predicted molar refractivity (Wildman–Crippen MR) is 137 cm³/mol. The Morgan fingerprint density at radius 3 is 2.56 bits per heavy atom. The number of amides is 1. The van der Waals surface area contributed by atoms with Crippen LogP contribution in [-0.4, -0.2) is 79.4 Å². The lowest BCUT2D eigenvalue weighted by atomic mass is 10.1. The lowest BCUT2D eigenvalue weighted by molar-refractivity contribution is 0.0137. The van der Waals surface area contributed by atoms with E-state index >= 15 is 0 Å². The second kappa shape index (κ2) is 11.8. The Balaban J connectivity index is 0.00000363. The Morgan fingerprint density at radius 1 is 1.16 bits per heavy atom. The molecule has 0 saturated carbocycles. The van der Waals surface area contributed by atoms with Crippen LogP contribution in [-0.2, 0) is 11.2 Å². The molecule has 2 heterocycles. The summed E-state index contributed by atoms with van der Waals surface area (Å²) in [6.07, 6.45) is 0.614. The highest BCUT2D eigenvalue weighted by molar-refractivity contribution is 14.0. The summed E-state index contributed by atoms with van der Waals surface area (Å²) in [5, 5.41) is 3.47. The number of nitrogens with one attached hydrogen (secondary N) is 1. The minimum absolute atomic E-state index is 0. The number of rotatable bonds is 7. The third-order valence-corrected chi connectivity index (χ3v) is 5.16. The van der Waals surface area contributed by atoms with Gasteiger partial charge in [-0.3, -0.25) is 4.99 Å². The molecule has 0 aromatic heterocycles. The number of guanidine groups is 1. The van der Waals surface area contributed by atoms with Crippen molar-refractivity contribution in [2.45, 2.75) is 52.7 Å². The number of halogens is 1. The number of hydrogen-bond donors (Lipinski definition) is 1. The summed E-state index contributed by atoms with van der Waals surface area (Å²) >= 11 is 0. The van der Waals surface area contributed by atoms with E-state index < -0.39 is 5.60 Å². The smallest absolute Gasteiger partial charge is 0.410 e. The van der Waals surface area contributed by atoms with E-state index in [0.29, 0.717) is 32.8 Å². The highest BCUT2D eigenvalue weighted by Gasteiger charge is 2.36. The summed E-state index contributed by atoms with van der Waals surface area (Å²) in [6, 6.07) is 6.31. The first-order chi connectivity index (χ1) is 14.8. The first-order valence-electron chi connectivity index (χ1n) is 11.2. The van der Waals surface area contributed by atoms with Gasteiger partial charge in [-0.05, 0) is 58.7 Å². The number of benzene rings is 1. The van der Waals surface area contributed by atoms with Gasteiger partial charge >= 0.3 is 6.09 Å². The standard InChI is InChI=1S/C23H36N4O4.HI/c1-6-29-19-9-8-17(14-20(19)30-7-2)10-11-24-21-25-15-18-16-26(12-13-27(18)21)22(28)31-23(3,4)5;/h8-9,14,18H,6-7,10-13,15-16H2,1-5H3,(H,24,25);1H. The molecule has 0 radical (unpaired) electrons. The van der Waals surface area contributed by atoms with Gasteiger partial charge in [-0.1, -0.05) is 6.07 Å². The second-order valence-electron chi connectivity index (χ2n) is 8.76. The Hall–Kier alpha value is -1.91. The van der Waals surface area contributed by atoms with Crippen LogP contribution in [0.2, 0.25) is 0 Å². The lowest BCUT2D eigenvalue weighted by Crippen LogP contribution is -2.57. The second-order valence-corrected chi connectivity index (χ2v) is 8.76. The highest BCUT2D eigenvalue weighted by Crippen LogP contribution is 2.28. The van der Waals surface area contributed by atoms with Gasteiger partial charge in [-0.2, -0.15) is 0 Å². The van der Waals surface area contributed by atoms with Crippen LogP contribution >= 0.6 is 24.0 Å². The zero-order valence-electron chi connectivity index (χ0n) is 19.8. The average Bonchev–Trinajstić information content (AvgIpc) is 3.11. The summed E-state index contributed by atoms with van der Waals surface area (Å²) < 4.78 is 16.9. The van der Waals surface area contributed by atoms with E-state index in [1.54, 1.807) is 4.90 Å². The quantitative estimate of drug-likeness (QED) is 0.515. The minimum Gasteiger partial charge on any atom is -0.490 e. The van der Waals surface area contributed by atoms with Crippen molar-refractivity contribution in [1.82, 2.24) is 15.1 Å². The van der Waals surface area contributed by atoms with Crippen LogP contribution in [0.3, 0.4) is 0 Å². The van der Waals surface area contributed by atoms with Gasteiger partial charge in [-0.25, -0.2) is 4.79 Å². The van der Waals surface area contributed by atoms with Crippen LogP contribution in [0.15, 0.2) is 23.2 Å². The zero-order chi connectivity index (χ0) is 22.4. The van der Waals surface area contributed by atoms with Gasteiger partial charge in [0, 0.05) is 26.2 Å². The van der Waals surface area contributed by atoms with Crippen LogP contribution in [0.1, 0.15) is 40.2 Å². The molecular formula is C23H37IN4O4. The van der Waals surface area contributed by atoms with E-state index in [4.69, 9.17) is 14.2 Å². The molecule has 1 saturated heterocycles. The number of aliphatic imine (C=N–C) groups is 1. The van der Waals surface area contributed by atoms with E-state index in [-0.39, 0.29) is 36.1 Å². The highest BCUT2D eigenvalue weighted by atomic mass is 127. The Labute approximate surface area is 208 Å². The number of fused-ring (bicyclic) bond motifs is 1. The summed E-state index contributed by atoms with van der Waals surface area (Å²) in [6.45, 7) is 14.3. The lowest BCUT2D eigenvalue weighted by Gasteiger charge is -2.39. The largest absolute Gasteiger partial charge is 0.490 e. The van der Waals surface area contributed by atoms with Gasteiger partial charge in [0.25, 0.3) is 0 Å². The topological polar surface area (TPSA) is 75.6 Å². The van der Waals surface area contributed by atoms with E-state index in [2.05, 4.69) is 27.3 Å². The van der Waals surface area contributed by atoms with Crippen molar-refractivity contribution in [2.24, 2.45) is 4.99 Å². The maximum atomic E-state index is 12.4. The third kappa shape index (κ3) is 7.05. The van der Waals surface area contributed by atoms with Gasteiger partial charge in [0.15, 0.2) is 17.5 Å². The van der Waals surface area contributed by atoms with Crippen LogP contribution in [0.4, 0.5) is 4.79 Å². The molecule has 2 aliphatic heterocycles. The molecule has 1 fully saturated rings. The van der Waals surface area contributed by atoms with Crippen LogP contribution in [0.25, 0.3) is 0 Å². The fourth-order valence-electron chi connectivity index (χ4n) is 3.79. The summed E-state index contributed by atoms with van der Waals surface area (Å²) in [7, 11) is 0. The Kier molecular flexibility index (Phi) is 9.72. The number of hydrogen-bond acceptors (Lipinski definition) is 7. The third-order valence-electron chi connectivity index (χ3n) is 5.16. The molecular weight excluding hydrogens is 523 g/mol. The fraction of sp³-hybridized carbons (Fsp3) is 0.652. The van der Waals surface area contributed by atoms with E-state index in [1.807, 2.05) is 40.7 Å². The van der Waals surface area contributed by atoms with Crippen molar-refractivity contribution in [1.29, 1.82) is 0 Å². The monoisotopic (exact) mass is 560 g/mol. The normalized spacial score (nSPS) is 17.8. The number of nitrogens with zero attached hydrogens (tertiary/aromatic N) is 3. The number of carbonyl (C=O) groups is 1. The number of piperazine rings is 1. The van der Waals surface area contributed by atoms with E-state index in [1.165, 1.54) is 5.56 Å². The van der Waals surface area contributed by atoms with Crippen molar-refractivity contribution < 1.29 is 19.0 Å². The molecule has 1 atom stereocenters. The molecule has 1 unspecified atom stereocenters. The molecule has 8 nitrogen and oxygen atoms in total. The van der Waals surface area contributed by atoms with Gasteiger partial charge in [-0.15, -0.1) is 24.0 Å². The number of ether oxygens (including phenoxy) is 3. The first kappa shape index (κ1) is 26.3. The van der Waals surface area contributed by atoms with Crippen LogP contribution < -0.4 is 14.8 Å². The molecule has 1 aromatic rings. The molecule has 3 rings (SSSR count). The maximum Gasteiger partial charge on any atom is 0.410 e. The van der Waals surface area contributed by atoms with E-state index in [9.17, 15) is 4.79 Å². The van der Waals surface area contributed by atoms with Crippen LogP contribution in [0.5, 0.6) is 11.5 Å². The average molecular weight is 560 g/mol. The van der Waals surface area contributed by atoms with Gasteiger partial charge in [0.1, 0.15) is 5.60 Å². The maximum absolute atomic E-state index is 12.4. The molecule has 1 amide bonds. The number of carbonyl (C=O) groups excluding carboxylic acids is 1. The molecule has 2 aliphatic rings. The van der Waals surface area contributed by atoms with Crippen molar-refractivity contribution >= 4 is 36.0 Å². The van der Waals surface area contributed by atoms with Crippen molar-refractivity contribution in [3.63, 3.8) is 0 Å². The van der Waals surface area contributed by atoms with Gasteiger partial charge in [0.2, 0.25) is 0 Å². The molecule has 32 heavy (non-hydrogen) atoms.